The van der Waals surface area contributed by atoms with E-state index in [0.717, 1.165) is 12.2 Å². The van der Waals surface area contributed by atoms with Gasteiger partial charge in [-0.15, -0.1) is 0 Å². The summed E-state index contributed by atoms with van der Waals surface area (Å²) >= 11 is 0. The number of hydrogen-bond donors (Lipinski definition) is 1. The van der Waals surface area contributed by atoms with Crippen LogP contribution in [0.5, 0.6) is 0 Å². The maximum absolute atomic E-state index is 10.0. The third-order valence-corrected chi connectivity index (χ3v) is 1.91. The minimum Gasteiger partial charge on any atom is -0.357 e. The number of fused-ring (bicyclic) bond motifs is 1. The van der Waals surface area contributed by atoms with Crippen LogP contribution in [0.15, 0.2) is 24.7 Å². The molecule has 2 aromatic heterocycles. The van der Waals surface area contributed by atoms with Crippen LogP contribution in [0.25, 0.3) is 5.65 Å². The zero-order chi connectivity index (χ0) is 9.10. The molecule has 5 heteroatoms. The van der Waals surface area contributed by atoms with Gasteiger partial charge in [-0.1, -0.05) is 0 Å². The number of carbonyl (C=O) groups is 1. The van der Waals surface area contributed by atoms with Gasteiger partial charge >= 0.3 is 0 Å². The van der Waals surface area contributed by atoms with Gasteiger partial charge in [-0.2, -0.15) is 5.10 Å². The maximum atomic E-state index is 10.0. The van der Waals surface area contributed by atoms with Crippen molar-refractivity contribution in [3.8, 4) is 0 Å². The molecule has 0 unspecified atom stereocenters. The first kappa shape index (κ1) is 7.85. The molecule has 5 nitrogen and oxygen atoms in total. The van der Waals surface area contributed by atoms with Crippen LogP contribution in [0.2, 0.25) is 0 Å². The molecule has 13 heavy (non-hydrogen) atoms. The molecular weight excluding hydrogens is 168 g/mol. The van der Waals surface area contributed by atoms with Crippen LogP contribution in [0.1, 0.15) is 0 Å². The van der Waals surface area contributed by atoms with Gasteiger partial charge in [0.25, 0.3) is 0 Å². The summed E-state index contributed by atoms with van der Waals surface area (Å²) < 4.78 is 3.82. The van der Waals surface area contributed by atoms with Crippen molar-refractivity contribution in [2.75, 3.05) is 6.54 Å². The van der Waals surface area contributed by atoms with E-state index in [-0.39, 0.29) is 0 Å². The summed E-state index contributed by atoms with van der Waals surface area (Å²) in [6.45, 7) is 1.40. The molecule has 0 fully saturated rings. The molecule has 0 aromatic carbocycles. The Morgan fingerprint density at radius 2 is 2.46 bits per heavy atom. The molecule has 2 heterocycles. The largest absolute Gasteiger partial charge is 0.357 e. The van der Waals surface area contributed by atoms with Crippen molar-refractivity contribution >= 4 is 12.1 Å². The van der Waals surface area contributed by atoms with E-state index >= 15 is 0 Å². The number of nitrogens with one attached hydrogen (secondary N) is 1. The van der Waals surface area contributed by atoms with Crippen molar-refractivity contribution in [3.63, 3.8) is 0 Å². The average molecular weight is 178 g/mol. The number of rotatable bonds is 4. The molecule has 2 rings (SSSR count). The van der Waals surface area contributed by atoms with Crippen LogP contribution >= 0.6 is 0 Å². The Kier molecular flexibility index (Phi) is 1.99. The Morgan fingerprint density at radius 3 is 3.31 bits per heavy atom. The van der Waals surface area contributed by atoms with Crippen LogP contribution in [0.3, 0.4) is 0 Å². The molecule has 0 atom stereocenters. The van der Waals surface area contributed by atoms with Gasteiger partial charge in [0.05, 0.1) is 6.20 Å². The monoisotopic (exact) mass is 178 g/mol. The molecule has 0 aliphatic rings. The quantitative estimate of drug-likeness (QED) is 0.524. The van der Waals surface area contributed by atoms with Gasteiger partial charge in [0, 0.05) is 31.5 Å². The highest BCUT2D eigenvalue weighted by Crippen LogP contribution is 2.02. The van der Waals surface area contributed by atoms with E-state index in [1.165, 1.54) is 0 Å². The summed E-state index contributed by atoms with van der Waals surface area (Å²) in [5.41, 5.74) is 1.03. The van der Waals surface area contributed by atoms with E-state index in [1.807, 2.05) is 23.0 Å². The van der Waals surface area contributed by atoms with Crippen molar-refractivity contribution < 1.29 is 4.79 Å². The van der Waals surface area contributed by atoms with Crippen molar-refractivity contribution in [1.29, 1.82) is 0 Å². The smallest absolute Gasteiger partial charge is 0.207 e. The van der Waals surface area contributed by atoms with Crippen molar-refractivity contribution in [2.45, 2.75) is 6.54 Å². The van der Waals surface area contributed by atoms with Crippen LogP contribution in [-0.4, -0.2) is 27.1 Å². The molecule has 0 radical (unpaired) electrons. The lowest BCUT2D eigenvalue weighted by molar-refractivity contribution is -0.109. The van der Waals surface area contributed by atoms with E-state index in [4.69, 9.17) is 0 Å². The first-order chi connectivity index (χ1) is 6.42. The van der Waals surface area contributed by atoms with E-state index in [1.54, 1.807) is 10.7 Å². The third-order valence-electron chi connectivity index (χ3n) is 1.91. The Bertz CT molecular complexity index is 403. The number of nitrogens with zero attached hydrogens (tertiary/aromatic N) is 3. The fourth-order valence-electron chi connectivity index (χ4n) is 1.30. The van der Waals surface area contributed by atoms with Crippen LogP contribution in [0.4, 0.5) is 0 Å². The lowest BCUT2D eigenvalue weighted by Crippen LogP contribution is -2.17. The summed E-state index contributed by atoms with van der Waals surface area (Å²) in [6.07, 6.45) is 6.28. The van der Waals surface area contributed by atoms with Crippen molar-refractivity contribution in [3.05, 3.63) is 24.7 Å². The molecule has 0 saturated carbocycles. The highest BCUT2D eigenvalue weighted by atomic mass is 16.1. The molecule has 2 aromatic rings. The average Bonchev–Trinajstić information content (AvgIpc) is 2.68. The molecule has 1 amide bonds. The second-order valence-electron chi connectivity index (χ2n) is 2.70. The number of amides is 1. The highest BCUT2D eigenvalue weighted by molar-refractivity contribution is 5.45. The zero-order valence-corrected chi connectivity index (χ0v) is 7.05. The SMILES string of the molecule is O=CNCCn1ccn2nccc12. The number of aromatic nitrogens is 3. The highest BCUT2D eigenvalue weighted by Gasteiger charge is 1.98. The normalized spacial score (nSPS) is 10.5. The minimum atomic E-state index is 0.638. The summed E-state index contributed by atoms with van der Waals surface area (Å²) in [4.78, 5) is 10.0. The topological polar surface area (TPSA) is 51.3 Å². The minimum absolute atomic E-state index is 0.638. The molecule has 1 N–H and O–H groups in total. The van der Waals surface area contributed by atoms with Gasteiger partial charge in [0.2, 0.25) is 6.41 Å². The molecular formula is C8H10N4O. The molecule has 0 bridgehead atoms. The second kappa shape index (κ2) is 3.30. The fraction of sp³-hybridized carbons (Fsp3) is 0.250. The van der Waals surface area contributed by atoms with Crippen molar-refractivity contribution in [2.24, 2.45) is 0 Å². The maximum Gasteiger partial charge on any atom is 0.207 e. The fourth-order valence-corrected chi connectivity index (χ4v) is 1.30. The number of hydrogen-bond acceptors (Lipinski definition) is 2. The lowest BCUT2D eigenvalue weighted by atomic mass is 10.5. The van der Waals surface area contributed by atoms with Gasteiger partial charge in [0.15, 0.2) is 0 Å². The van der Waals surface area contributed by atoms with Crippen LogP contribution < -0.4 is 5.32 Å². The van der Waals surface area contributed by atoms with Gasteiger partial charge < -0.3 is 9.88 Å². The predicted octanol–water partition coefficient (Wildman–Crippen LogP) is -0.118. The first-order valence-electron chi connectivity index (χ1n) is 4.07. The van der Waals surface area contributed by atoms with E-state index in [9.17, 15) is 4.79 Å². The van der Waals surface area contributed by atoms with E-state index < -0.39 is 0 Å². The van der Waals surface area contributed by atoms with Gasteiger partial charge in [-0.3, -0.25) is 4.79 Å². The van der Waals surface area contributed by atoms with Crippen molar-refractivity contribution in [1.82, 2.24) is 19.5 Å². The summed E-state index contributed by atoms with van der Waals surface area (Å²) in [5, 5.41) is 6.69. The summed E-state index contributed by atoms with van der Waals surface area (Å²) in [5.74, 6) is 0. The molecule has 0 spiro atoms. The predicted molar refractivity (Wildman–Crippen MR) is 47.2 cm³/mol. The number of carbonyl (C=O) groups excluding carboxylic acids is 1. The summed E-state index contributed by atoms with van der Waals surface area (Å²) in [6, 6.07) is 1.93. The van der Waals surface area contributed by atoms with Gasteiger partial charge in [-0.25, -0.2) is 4.52 Å². The Balaban J connectivity index is 2.13. The molecule has 68 valence electrons. The lowest BCUT2D eigenvalue weighted by Gasteiger charge is -2.01. The van der Waals surface area contributed by atoms with Crippen LogP contribution in [-0.2, 0) is 11.3 Å². The van der Waals surface area contributed by atoms with Crippen LogP contribution in [0, 0.1) is 0 Å². The first-order valence-corrected chi connectivity index (χ1v) is 4.07. The third kappa shape index (κ3) is 1.40. The zero-order valence-electron chi connectivity index (χ0n) is 7.05. The number of imidazole rings is 1. The van der Waals surface area contributed by atoms with Gasteiger partial charge in [0.1, 0.15) is 5.65 Å². The summed E-state index contributed by atoms with van der Waals surface area (Å²) in [7, 11) is 0. The Hall–Kier alpha value is -1.78. The second-order valence-corrected chi connectivity index (χ2v) is 2.70. The standard InChI is InChI=1S/C8H10N4O/c13-7-9-3-4-11-5-6-12-8(11)1-2-10-12/h1-2,5-7H,3-4H2,(H,9,13). The Morgan fingerprint density at radius 1 is 1.54 bits per heavy atom. The molecule has 0 aliphatic carbocycles. The molecule has 0 saturated heterocycles. The van der Waals surface area contributed by atoms with Gasteiger partial charge in [-0.05, 0) is 0 Å². The van der Waals surface area contributed by atoms with E-state index in [2.05, 4.69) is 10.4 Å². The Labute approximate surface area is 75.0 Å². The molecule has 0 aliphatic heterocycles. The van der Waals surface area contributed by atoms with E-state index in [0.29, 0.717) is 13.0 Å².